The van der Waals surface area contributed by atoms with Crippen LogP contribution in [-0.4, -0.2) is 0 Å². The van der Waals surface area contributed by atoms with Crippen molar-refractivity contribution in [2.75, 3.05) is 0 Å². The fraction of sp³-hybridized carbons (Fsp3) is 0.143. The summed E-state index contributed by atoms with van der Waals surface area (Å²) in [6, 6.07) is 24.0. The van der Waals surface area contributed by atoms with E-state index in [9.17, 15) is 0 Å². The molecule has 1 aromatic heterocycles. The molecule has 0 saturated carbocycles. The quantitative estimate of drug-likeness (QED) is 0.426. The van der Waals surface area contributed by atoms with Gasteiger partial charge in [-0.15, -0.1) is 11.3 Å². The van der Waals surface area contributed by atoms with Crippen LogP contribution >= 0.6 is 11.3 Å². The minimum Gasteiger partial charge on any atom is -0.140 e. The van der Waals surface area contributed by atoms with Gasteiger partial charge in [-0.3, -0.25) is 0 Å². The van der Waals surface area contributed by atoms with Gasteiger partial charge < -0.3 is 0 Å². The predicted octanol–water partition coefficient (Wildman–Crippen LogP) is 6.15. The highest BCUT2D eigenvalue weighted by molar-refractivity contribution is 7.19. The summed E-state index contributed by atoms with van der Waals surface area (Å²) >= 11 is 1.96. The van der Waals surface area contributed by atoms with Crippen molar-refractivity contribution in [3.63, 3.8) is 0 Å². The summed E-state index contributed by atoms with van der Waals surface area (Å²) in [5.74, 6) is 0. The number of hydrogen-bond donors (Lipinski definition) is 0. The molecule has 0 saturated heterocycles. The summed E-state index contributed by atoms with van der Waals surface area (Å²) in [6.45, 7) is 2.28. The number of benzene rings is 3. The van der Waals surface area contributed by atoms with E-state index in [1.54, 1.807) is 0 Å². The molecule has 0 unspecified atom stereocenters. The molecule has 3 aromatic carbocycles. The predicted molar refractivity (Wildman–Crippen MR) is 97.9 cm³/mol. The second kappa shape index (κ2) is 5.58. The maximum Gasteiger partial charge on any atom is 0.0354 e. The number of fused-ring (bicyclic) bond motifs is 3. The first-order chi connectivity index (χ1) is 10.8. The lowest BCUT2D eigenvalue weighted by Crippen LogP contribution is -1.90. The Labute approximate surface area is 135 Å². The van der Waals surface area contributed by atoms with Crippen LogP contribution in [0, 0.1) is 6.92 Å². The first kappa shape index (κ1) is 13.5. The van der Waals surface area contributed by atoms with Crippen molar-refractivity contribution < 1.29 is 0 Å². The molecule has 0 spiro atoms. The average Bonchev–Trinajstić information content (AvgIpc) is 2.90. The third-order valence-electron chi connectivity index (χ3n) is 4.40. The lowest BCUT2D eigenvalue weighted by molar-refractivity contribution is 0.974. The van der Waals surface area contributed by atoms with Crippen LogP contribution in [0.15, 0.2) is 66.7 Å². The second-order valence-corrected chi connectivity index (χ2v) is 6.93. The van der Waals surface area contributed by atoms with Gasteiger partial charge in [0.2, 0.25) is 0 Å². The van der Waals surface area contributed by atoms with E-state index in [1.165, 1.54) is 36.9 Å². The molecule has 0 fully saturated rings. The van der Waals surface area contributed by atoms with Gasteiger partial charge in [0.25, 0.3) is 0 Å². The molecule has 1 heteroatoms. The minimum absolute atomic E-state index is 1.12. The zero-order valence-corrected chi connectivity index (χ0v) is 13.5. The third-order valence-corrected chi connectivity index (χ3v) is 5.72. The number of hydrogen-bond acceptors (Lipinski definition) is 1. The molecule has 22 heavy (non-hydrogen) atoms. The van der Waals surface area contributed by atoms with Crippen molar-refractivity contribution in [3.05, 3.63) is 82.7 Å². The minimum atomic E-state index is 1.12. The van der Waals surface area contributed by atoms with Crippen molar-refractivity contribution in [3.8, 4) is 0 Å². The van der Waals surface area contributed by atoms with E-state index >= 15 is 0 Å². The average molecular weight is 302 g/mol. The van der Waals surface area contributed by atoms with Gasteiger partial charge in [0, 0.05) is 15.0 Å². The fourth-order valence-electron chi connectivity index (χ4n) is 3.21. The third kappa shape index (κ3) is 2.32. The van der Waals surface area contributed by atoms with Crippen LogP contribution in [-0.2, 0) is 12.8 Å². The molecule has 4 rings (SSSR count). The Bertz CT molecular complexity index is 932. The molecule has 0 nitrogen and oxygen atoms in total. The van der Waals surface area contributed by atoms with E-state index in [4.69, 9.17) is 0 Å². The molecule has 0 bridgehead atoms. The van der Waals surface area contributed by atoms with Gasteiger partial charge in [-0.05, 0) is 47.7 Å². The number of thiophene rings is 1. The van der Waals surface area contributed by atoms with Crippen LogP contribution < -0.4 is 0 Å². The van der Waals surface area contributed by atoms with Gasteiger partial charge in [-0.25, -0.2) is 0 Å². The van der Waals surface area contributed by atoms with E-state index in [-0.39, 0.29) is 0 Å². The van der Waals surface area contributed by atoms with Gasteiger partial charge in [-0.2, -0.15) is 0 Å². The molecule has 0 radical (unpaired) electrons. The molecule has 4 aromatic rings. The number of aryl methyl sites for hydroxylation is 3. The molecule has 0 atom stereocenters. The molecule has 0 aliphatic rings. The topological polar surface area (TPSA) is 0 Å². The van der Waals surface area contributed by atoms with Crippen molar-refractivity contribution >= 4 is 32.2 Å². The lowest BCUT2D eigenvalue weighted by atomic mass is 10.0. The van der Waals surface area contributed by atoms with E-state index < -0.39 is 0 Å². The van der Waals surface area contributed by atoms with Crippen molar-refractivity contribution in [2.45, 2.75) is 19.8 Å². The van der Waals surface area contributed by atoms with E-state index in [0.29, 0.717) is 0 Å². The van der Waals surface area contributed by atoms with Crippen LogP contribution in [0.5, 0.6) is 0 Å². The molecule has 0 N–H and O–H groups in total. The summed E-state index contributed by atoms with van der Waals surface area (Å²) < 4.78 is 1.42. The van der Waals surface area contributed by atoms with Crippen LogP contribution in [0.4, 0.5) is 0 Å². The summed E-state index contributed by atoms with van der Waals surface area (Å²) in [6.07, 6.45) is 2.25. The summed E-state index contributed by atoms with van der Waals surface area (Å²) in [4.78, 5) is 1.52. The molecule has 108 valence electrons. The van der Waals surface area contributed by atoms with Crippen LogP contribution in [0.1, 0.15) is 16.0 Å². The van der Waals surface area contributed by atoms with E-state index in [1.807, 2.05) is 11.3 Å². The first-order valence-corrected chi connectivity index (χ1v) is 8.58. The Balaban J connectivity index is 1.76. The maximum atomic E-state index is 2.28. The SMILES string of the molecule is Cc1c(CCc2ccccc2)sc2ccc3ccccc3c12. The van der Waals surface area contributed by atoms with Gasteiger partial charge >= 0.3 is 0 Å². The largest absolute Gasteiger partial charge is 0.140 e. The Morgan fingerprint density at radius 2 is 1.55 bits per heavy atom. The van der Waals surface area contributed by atoms with Crippen LogP contribution in [0.25, 0.3) is 20.9 Å². The standard InChI is InChI=1S/C21H18S/c1-15-19(13-11-16-7-3-2-4-8-16)22-20-14-12-17-9-5-6-10-18(17)21(15)20/h2-10,12,14H,11,13H2,1H3. The van der Waals surface area contributed by atoms with Crippen LogP contribution in [0.2, 0.25) is 0 Å². The Morgan fingerprint density at radius 1 is 0.773 bits per heavy atom. The zero-order valence-electron chi connectivity index (χ0n) is 12.7. The molecular formula is C21H18S. The van der Waals surface area contributed by atoms with E-state index in [0.717, 1.165) is 12.8 Å². The Kier molecular flexibility index (Phi) is 3.44. The monoisotopic (exact) mass is 302 g/mol. The Morgan fingerprint density at radius 3 is 2.41 bits per heavy atom. The lowest BCUT2D eigenvalue weighted by Gasteiger charge is -2.02. The number of rotatable bonds is 3. The zero-order chi connectivity index (χ0) is 14.9. The first-order valence-electron chi connectivity index (χ1n) is 7.76. The smallest absolute Gasteiger partial charge is 0.0354 e. The van der Waals surface area contributed by atoms with Crippen molar-refractivity contribution in [2.24, 2.45) is 0 Å². The Hall–Kier alpha value is -2.12. The van der Waals surface area contributed by atoms with Crippen LogP contribution in [0.3, 0.4) is 0 Å². The summed E-state index contributed by atoms with van der Waals surface area (Å²) in [7, 11) is 0. The maximum absolute atomic E-state index is 2.28. The van der Waals surface area contributed by atoms with Gasteiger partial charge in [0.15, 0.2) is 0 Å². The van der Waals surface area contributed by atoms with Crippen molar-refractivity contribution in [1.29, 1.82) is 0 Å². The summed E-state index contributed by atoms with van der Waals surface area (Å²) in [5.41, 5.74) is 2.89. The van der Waals surface area contributed by atoms with Gasteiger partial charge in [-0.1, -0.05) is 60.7 Å². The normalized spacial score (nSPS) is 11.3. The molecule has 0 aliphatic heterocycles. The highest BCUT2D eigenvalue weighted by atomic mass is 32.1. The highest BCUT2D eigenvalue weighted by Crippen LogP contribution is 2.36. The molecule has 0 amide bonds. The van der Waals surface area contributed by atoms with Gasteiger partial charge in [0.05, 0.1) is 0 Å². The molecular weight excluding hydrogens is 284 g/mol. The summed E-state index contributed by atoms with van der Waals surface area (Å²) in [5, 5.41) is 4.18. The van der Waals surface area contributed by atoms with Crippen molar-refractivity contribution in [1.82, 2.24) is 0 Å². The molecule has 1 heterocycles. The fourth-order valence-corrected chi connectivity index (χ4v) is 4.44. The highest BCUT2D eigenvalue weighted by Gasteiger charge is 2.11. The van der Waals surface area contributed by atoms with E-state index in [2.05, 4.69) is 73.7 Å². The van der Waals surface area contributed by atoms with Gasteiger partial charge in [0.1, 0.15) is 0 Å². The second-order valence-electron chi connectivity index (χ2n) is 5.80. The molecule has 0 aliphatic carbocycles.